The molecule has 8 heteroatoms. The molecule has 0 unspecified atom stereocenters. The second-order valence-corrected chi connectivity index (χ2v) is 6.61. The SMILES string of the molecule is CC(C)(CC(=O)O)CC(=O)O.CC(C)(CC(=O)O)CC(=O)O. The van der Waals surface area contributed by atoms with Gasteiger partial charge in [0, 0.05) is 0 Å². The van der Waals surface area contributed by atoms with Crippen LogP contribution in [0.4, 0.5) is 0 Å². The Labute approximate surface area is 128 Å². The van der Waals surface area contributed by atoms with E-state index in [-0.39, 0.29) is 25.7 Å². The second kappa shape index (κ2) is 9.01. The van der Waals surface area contributed by atoms with Crippen LogP contribution < -0.4 is 0 Å². The Kier molecular flexibility index (Phi) is 9.08. The number of carbonyl (C=O) groups is 4. The van der Waals surface area contributed by atoms with Crippen molar-refractivity contribution in [1.82, 2.24) is 0 Å². The molecule has 0 fully saturated rings. The topological polar surface area (TPSA) is 149 Å². The van der Waals surface area contributed by atoms with Gasteiger partial charge in [0.15, 0.2) is 0 Å². The van der Waals surface area contributed by atoms with Gasteiger partial charge in [-0.15, -0.1) is 0 Å². The van der Waals surface area contributed by atoms with Crippen LogP contribution in [-0.2, 0) is 19.2 Å². The first-order valence-corrected chi connectivity index (χ1v) is 6.54. The highest BCUT2D eigenvalue weighted by Gasteiger charge is 2.25. The minimum atomic E-state index is -0.962. The quantitative estimate of drug-likeness (QED) is 0.530. The van der Waals surface area contributed by atoms with E-state index >= 15 is 0 Å². The number of carboxylic acid groups (broad SMARTS) is 4. The van der Waals surface area contributed by atoms with Crippen molar-refractivity contribution in [2.45, 2.75) is 53.4 Å². The Balaban J connectivity index is 0. The first-order valence-electron chi connectivity index (χ1n) is 6.54. The van der Waals surface area contributed by atoms with Gasteiger partial charge < -0.3 is 20.4 Å². The van der Waals surface area contributed by atoms with E-state index in [0.717, 1.165) is 0 Å². The molecule has 4 N–H and O–H groups in total. The monoisotopic (exact) mass is 320 g/mol. The molecule has 0 saturated heterocycles. The van der Waals surface area contributed by atoms with E-state index in [0.29, 0.717) is 0 Å². The summed E-state index contributed by atoms with van der Waals surface area (Å²) < 4.78 is 0. The number of hydrogen-bond donors (Lipinski definition) is 4. The number of rotatable bonds is 8. The molecule has 0 rings (SSSR count). The Hall–Kier alpha value is -2.12. The molecular weight excluding hydrogens is 296 g/mol. The van der Waals surface area contributed by atoms with E-state index in [1.807, 2.05) is 0 Å². The molecule has 0 atom stereocenters. The van der Waals surface area contributed by atoms with Gasteiger partial charge in [-0.25, -0.2) is 0 Å². The Morgan fingerprint density at radius 1 is 0.545 bits per heavy atom. The van der Waals surface area contributed by atoms with Gasteiger partial charge in [-0.1, -0.05) is 27.7 Å². The summed E-state index contributed by atoms with van der Waals surface area (Å²) in [6.07, 6.45) is -0.447. The number of aliphatic carboxylic acids is 4. The van der Waals surface area contributed by atoms with Crippen LogP contribution in [0.25, 0.3) is 0 Å². The Bertz CT molecular complexity index is 347. The minimum absolute atomic E-state index is 0.112. The molecule has 0 bridgehead atoms. The van der Waals surface area contributed by atoms with E-state index in [1.54, 1.807) is 27.7 Å². The zero-order chi connectivity index (χ0) is 18.1. The zero-order valence-electron chi connectivity index (χ0n) is 13.3. The molecule has 0 aromatic rings. The van der Waals surface area contributed by atoms with Crippen LogP contribution in [0.5, 0.6) is 0 Å². The van der Waals surface area contributed by atoms with E-state index in [9.17, 15) is 19.2 Å². The third kappa shape index (κ3) is 15.9. The fourth-order valence-corrected chi connectivity index (χ4v) is 1.76. The van der Waals surface area contributed by atoms with Crippen molar-refractivity contribution in [2.75, 3.05) is 0 Å². The molecule has 0 aliphatic carbocycles. The molecule has 0 aromatic carbocycles. The summed E-state index contributed by atoms with van der Waals surface area (Å²) in [4.78, 5) is 40.8. The van der Waals surface area contributed by atoms with Gasteiger partial charge in [-0.05, 0) is 10.8 Å². The van der Waals surface area contributed by atoms with Gasteiger partial charge in [0.1, 0.15) is 0 Å². The lowest BCUT2D eigenvalue weighted by atomic mass is 9.86. The van der Waals surface area contributed by atoms with Crippen molar-refractivity contribution in [3.8, 4) is 0 Å². The largest absolute Gasteiger partial charge is 0.481 e. The predicted molar refractivity (Wildman–Crippen MR) is 76.6 cm³/mol. The molecule has 22 heavy (non-hydrogen) atoms. The zero-order valence-corrected chi connectivity index (χ0v) is 13.3. The lowest BCUT2D eigenvalue weighted by Gasteiger charge is -2.18. The summed E-state index contributed by atoms with van der Waals surface area (Å²) in [7, 11) is 0. The molecule has 0 radical (unpaired) electrons. The van der Waals surface area contributed by atoms with E-state index in [4.69, 9.17) is 20.4 Å². The highest BCUT2D eigenvalue weighted by atomic mass is 16.4. The number of carboxylic acids is 4. The molecule has 0 heterocycles. The second-order valence-electron chi connectivity index (χ2n) is 6.61. The summed E-state index contributed by atoms with van der Waals surface area (Å²) in [5, 5.41) is 33.5. The maximum atomic E-state index is 10.2. The highest BCUT2D eigenvalue weighted by Crippen LogP contribution is 2.25. The van der Waals surface area contributed by atoms with Crippen molar-refractivity contribution >= 4 is 23.9 Å². The lowest BCUT2D eigenvalue weighted by Crippen LogP contribution is -2.20. The standard InChI is InChI=1S/2C7H12O4/c2*1-7(2,3-5(8)9)4-6(10)11/h2*3-4H2,1-2H3,(H,8,9)(H,10,11). The molecule has 0 saturated carbocycles. The van der Waals surface area contributed by atoms with Crippen molar-refractivity contribution in [2.24, 2.45) is 10.8 Å². The van der Waals surface area contributed by atoms with Gasteiger partial charge in [-0.2, -0.15) is 0 Å². The third-order valence-corrected chi connectivity index (χ3v) is 2.52. The van der Waals surface area contributed by atoms with Gasteiger partial charge in [-0.3, -0.25) is 19.2 Å². The summed E-state index contributed by atoms with van der Waals surface area (Å²) in [6, 6.07) is 0. The van der Waals surface area contributed by atoms with Crippen LogP contribution in [-0.4, -0.2) is 44.3 Å². The number of hydrogen-bond acceptors (Lipinski definition) is 4. The third-order valence-electron chi connectivity index (χ3n) is 2.52. The molecule has 8 nitrogen and oxygen atoms in total. The van der Waals surface area contributed by atoms with E-state index in [2.05, 4.69) is 0 Å². The average molecular weight is 320 g/mol. The van der Waals surface area contributed by atoms with Gasteiger partial charge in [0.2, 0.25) is 0 Å². The van der Waals surface area contributed by atoms with Crippen molar-refractivity contribution in [3.05, 3.63) is 0 Å². The van der Waals surface area contributed by atoms with E-state index in [1.165, 1.54) is 0 Å². The molecule has 0 aliphatic heterocycles. The molecule has 0 amide bonds. The van der Waals surface area contributed by atoms with Crippen LogP contribution in [0, 0.1) is 10.8 Å². The fourth-order valence-electron chi connectivity index (χ4n) is 1.76. The maximum Gasteiger partial charge on any atom is 0.303 e. The first-order chi connectivity index (χ1) is 9.67. The average Bonchev–Trinajstić information content (AvgIpc) is 2.06. The fraction of sp³-hybridized carbons (Fsp3) is 0.714. The van der Waals surface area contributed by atoms with Crippen molar-refractivity contribution in [3.63, 3.8) is 0 Å². The Morgan fingerprint density at radius 2 is 0.682 bits per heavy atom. The van der Waals surface area contributed by atoms with Crippen LogP contribution >= 0.6 is 0 Å². The van der Waals surface area contributed by atoms with Crippen LogP contribution in [0.3, 0.4) is 0 Å². The first kappa shape index (κ1) is 22.2. The minimum Gasteiger partial charge on any atom is -0.481 e. The summed E-state index contributed by atoms with van der Waals surface area (Å²) >= 11 is 0. The van der Waals surface area contributed by atoms with Crippen LogP contribution in [0.1, 0.15) is 53.4 Å². The summed E-state index contributed by atoms with van der Waals surface area (Å²) in [5.41, 5.74) is -1.31. The Morgan fingerprint density at radius 3 is 0.773 bits per heavy atom. The maximum absolute atomic E-state index is 10.2. The summed E-state index contributed by atoms with van der Waals surface area (Å²) in [5.74, 6) is -3.85. The molecule has 0 aliphatic rings. The van der Waals surface area contributed by atoms with Crippen molar-refractivity contribution in [1.29, 1.82) is 0 Å². The summed E-state index contributed by atoms with van der Waals surface area (Å²) in [6.45, 7) is 6.48. The van der Waals surface area contributed by atoms with Crippen LogP contribution in [0.15, 0.2) is 0 Å². The molecule has 0 spiro atoms. The lowest BCUT2D eigenvalue weighted by molar-refractivity contribution is -0.144. The highest BCUT2D eigenvalue weighted by molar-refractivity contribution is 5.72. The molecule has 128 valence electrons. The predicted octanol–water partition coefficient (Wildman–Crippen LogP) is 1.92. The van der Waals surface area contributed by atoms with Crippen LogP contribution in [0.2, 0.25) is 0 Å². The van der Waals surface area contributed by atoms with Crippen molar-refractivity contribution < 1.29 is 39.6 Å². The molecular formula is C14H24O8. The van der Waals surface area contributed by atoms with E-state index < -0.39 is 34.7 Å². The smallest absolute Gasteiger partial charge is 0.303 e. The normalized spacial score (nSPS) is 11.1. The van der Waals surface area contributed by atoms with Gasteiger partial charge in [0.05, 0.1) is 25.7 Å². The molecule has 0 aromatic heterocycles. The van der Waals surface area contributed by atoms with Gasteiger partial charge in [0.25, 0.3) is 0 Å². The van der Waals surface area contributed by atoms with Gasteiger partial charge >= 0.3 is 23.9 Å².